The largest absolute Gasteiger partial charge is 0.397 e. The van der Waals surface area contributed by atoms with Crippen LogP contribution in [0.4, 0.5) is 27.6 Å². The quantitative estimate of drug-likeness (QED) is 0.507. The van der Waals surface area contributed by atoms with Crippen molar-refractivity contribution >= 4 is 5.69 Å². The molecule has 20 heavy (non-hydrogen) atoms. The molecule has 0 saturated carbocycles. The molecule has 0 amide bonds. The Bertz CT molecular complexity index is 661. The third-order valence-electron chi connectivity index (χ3n) is 2.60. The SMILES string of the molecule is Nc1cc(CO)cnc1-c1c(F)c(F)c(F)c(F)c1F. The number of pyridine rings is 1. The zero-order chi connectivity index (χ0) is 15.0. The molecule has 0 fully saturated rings. The number of nitrogens with zero attached hydrogens (tertiary/aromatic N) is 1. The van der Waals surface area contributed by atoms with Crippen molar-refractivity contribution in [2.24, 2.45) is 0 Å². The van der Waals surface area contributed by atoms with Gasteiger partial charge in [0.2, 0.25) is 5.82 Å². The molecule has 0 aliphatic rings. The topological polar surface area (TPSA) is 59.1 Å². The molecule has 1 heterocycles. The number of hydrogen-bond acceptors (Lipinski definition) is 3. The van der Waals surface area contributed by atoms with Crippen molar-refractivity contribution in [3.05, 3.63) is 46.9 Å². The number of benzene rings is 1. The van der Waals surface area contributed by atoms with Gasteiger partial charge >= 0.3 is 0 Å². The lowest BCUT2D eigenvalue weighted by molar-refractivity contribution is 0.281. The number of aromatic nitrogens is 1. The van der Waals surface area contributed by atoms with Crippen molar-refractivity contribution in [1.29, 1.82) is 0 Å². The molecule has 0 aliphatic carbocycles. The number of halogens is 5. The van der Waals surface area contributed by atoms with Gasteiger partial charge in [-0.1, -0.05) is 0 Å². The van der Waals surface area contributed by atoms with Crippen LogP contribution in [-0.2, 0) is 6.61 Å². The summed E-state index contributed by atoms with van der Waals surface area (Å²) >= 11 is 0. The third kappa shape index (κ3) is 2.07. The van der Waals surface area contributed by atoms with Crippen LogP contribution in [0.5, 0.6) is 0 Å². The number of hydrogen-bond donors (Lipinski definition) is 2. The Kier molecular flexibility index (Phi) is 3.58. The molecule has 0 bridgehead atoms. The summed E-state index contributed by atoms with van der Waals surface area (Å²) in [6.07, 6.45) is 1.02. The second kappa shape index (κ2) is 5.04. The lowest BCUT2D eigenvalue weighted by Crippen LogP contribution is -2.07. The van der Waals surface area contributed by atoms with Gasteiger partial charge in [0.1, 0.15) is 0 Å². The molecule has 0 aliphatic heterocycles. The van der Waals surface area contributed by atoms with Crippen LogP contribution >= 0.6 is 0 Å². The van der Waals surface area contributed by atoms with Gasteiger partial charge in [0.15, 0.2) is 23.3 Å². The smallest absolute Gasteiger partial charge is 0.200 e. The highest BCUT2D eigenvalue weighted by Crippen LogP contribution is 2.33. The van der Waals surface area contributed by atoms with E-state index in [2.05, 4.69) is 4.98 Å². The van der Waals surface area contributed by atoms with Crippen LogP contribution in [0.15, 0.2) is 12.3 Å². The molecule has 8 heteroatoms. The minimum absolute atomic E-state index is 0.232. The molecule has 0 radical (unpaired) electrons. The summed E-state index contributed by atoms with van der Waals surface area (Å²) in [5.41, 5.74) is 3.58. The first-order valence-corrected chi connectivity index (χ1v) is 5.25. The van der Waals surface area contributed by atoms with Crippen LogP contribution < -0.4 is 5.73 Å². The summed E-state index contributed by atoms with van der Waals surface area (Å²) in [5, 5.41) is 8.84. The maximum Gasteiger partial charge on any atom is 0.200 e. The lowest BCUT2D eigenvalue weighted by Gasteiger charge is -2.10. The Morgan fingerprint density at radius 2 is 1.45 bits per heavy atom. The average molecular weight is 290 g/mol. The number of rotatable bonds is 2. The van der Waals surface area contributed by atoms with E-state index in [4.69, 9.17) is 10.8 Å². The molecule has 0 saturated heterocycles. The van der Waals surface area contributed by atoms with Crippen LogP contribution in [0.3, 0.4) is 0 Å². The highest BCUT2D eigenvalue weighted by molar-refractivity contribution is 5.73. The van der Waals surface area contributed by atoms with Crippen molar-refractivity contribution < 1.29 is 27.1 Å². The fourth-order valence-electron chi connectivity index (χ4n) is 1.64. The molecular formula is C12H7F5N2O. The maximum absolute atomic E-state index is 13.6. The molecule has 0 unspecified atom stereocenters. The van der Waals surface area contributed by atoms with E-state index in [1.54, 1.807) is 0 Å². The van der Waals surface area contributed by atoms with E-state index in [1.165, 1.54) is 0 Å². The number of anilines is 1. The number of nitrogen functional groups attached to an aromatic ring is 1. The maximum atomic E-state index is 13.6. The standard InChI is InChI=1S/C12H7F5N2O/c13-7-6(8(14)10(16)11(17)9(7)15)12-5(18)1-4(3-20)2-19-12/h1-2,20H,3,18H2. The number of aliphatic hydroxyl groups excluding tert-OH is 1. The fourth-order valence-corrected chi connectivity index (χ4v) is 1.64. The predicted molar refractivity (Wildman–Crippen MR) is 59.8 cm³/mol. The van der Waals surface area contributed by atoms with Crippen LogP contribution in [0.1, 0.15) is 5.56 Å². The van der Waals surface area contributed by atoms with Crippen LogP contribution in [0.2, 0.25) is 0 Å². The van der Waals surface area contributed by atoms with E-state index in [0.29, 0.717) is 0 Å². The second-order valence-corrected chi connectivity index (χ2v) is 3.88. The first kappa shape index (κ1) is 14.2. The molecule has 2 rings (SSSR count). The van der Waals surface area contributed by atoms with Gasteiger partial charge in [-0.2, -0.15) is 0 Å². The molecule has 106 valence electrons. The summed E-state index contributed by atoms with van der Waals surface area (Å²) in [6.45, 7) is -0.436. The average Bonchev–Trinajstić information content (AvgIpc) is 2.44. The molecule has 0 spiro atoms. The summed E-state index contributed by atoms with van der Waals surface area (Å²) in [4.78, 5) is 3.53. The van der Waals surface area contributed by atoms with Gasteiger partial charge in [0.05, 0.1) is 23.6 Å². The highest BCUT2D eigenvalue weighted by atomic mass is 19.2. The summed E-state index contributed by atoms with van der Waals surface area (Å²) in [7, 11) is 0. The Morgan fingerprint density at radius 1 is 0.950 bits per heavy atom. The molecule has 0 atom stereocenters. The van der Waals surface area contributed by atoms with E-state index < -0.39 is 47.0 Å². The van der Waals surface area contributed by atoms with E-state index in [1.807, 2.05) is 0 Å². The second-order valence-electron chi connectivity index (χ2n) is 3.88. The van der Waals surface area contributed by atoms with E-state index >= 15 is 0 Å². The minimum atomic E-state index is -2.26. The van der Waals surface area contributed by atoms with Crippen LogP contribution in [0.25, 0.3) is 11.3 Å². The first-order chi connectivity index (χ1) is 9.38. The van der Waals surface area contributed by atoms with Crippen LogP contribution in [-0.4, -0.2) is 10.1 Å². The van der Waals surface area contributed by atoms with E-state index in [-0.39, 0.29) is 11.3 Å². The zero-order valence-electron chi connectivity index (χ0n) is 9.72. The molecular weight excluding hydrogens is 283 g/mol. The van der Waals surface area contributed by atoms with Crippen LogP contribution in [0, 0.1) is 29.1 Å². The Morgan fingerprint density at radius 3 is 1.90 bits per heavy atom. The van der Waals surface area contributed by atoms with Gasteiger partial charge in [-0.25, -0.2) is 22.0 Å². The molecule has 2 aromatic rings. The summed E-state index contributed by atoms with van der Waals surface area (Å²) < 4.78 is 66.3. The molecule has 1 aromatic carbocycles. The Hall–Kier alpha value is -2.22. The van der Waals surface area contributed by atoms with Crippen molar-refractivity contribution in [1.82, 2.24) is 4.98 Å². The van der Waals surface area contributed by atoms with Crippen molar-refractivity contribution in [2.45, 2.75) is 6.61 Å². The van der Waals surface area contributed by atoms with E-state index in [9.17, 15) is 22.0 Å². The summed E-state index contributed by atoms with van der Waals surface area (Å²) in [5.74, 6) is -10.4. The molecule has 1 aromatic heterocycles. The van der Waals surface area contributed by atoms with Gasteiger partial charge in [-0.15, -0.1) is 0 Å². The minimum Gasteiger partial charge on any atom is -0.397 e. The van der Waals surface area contributed by atoms with Crippen molar-refractivity contribution in [3.63, 3.8) is 0 Å². The predicted octanol–water partition coefficient (Wildman–Crippen LogP) is 2.52. The Labute approximate surface area is 109 Å². The normalized spacial score (nSPS) is 10.9. The monoisotopic (exact) mass is 290 g/mol. The van der Waals surface area contributed by atoms with Crippen molar-refractivity contribution in [3.8, 4) is 11.3 Å². The van der Waals surface area contributed by atoms with Gasteiger partial charge < -0.3 is 10.8 Å². The van der Waals surface area contributed by atoms with E-state index in [0.717, 1.165) is 12.3 Å². The van der Waals surface area contributed by atoms with Crippen molar-refractivity contribution in [2.75, 3.05) is 5.73 Å². The van der Waals surface area contributed by atoms with Gasteiger partial charge in [0, 0.05) is 6.20 Å². The number of nitrogens with two attached hydrogens (primary N) is 1. The molecule has 3 nitrogen and oxygen atoms in total. The van der Waals surface area contributed by atoms with Gasteiger partial charge in [-0.3, -0.25) is 4.98 Å². The lowest BCUT2D eigenvalue weighted by atomic mass is 10.1. The zero-order valence-corrected chi connectivity index (χ0v) is 9.72. The first-order valence-electron chi connectivity index (χ1n) is 5.25. The highest BCUT2D eigenvalue weighted by Gasteiger charge is 2.28. The third-order valence-corrected chi connectivity index (χ3v) is 2.60. The summed E-state index contributed by atoms with van der Waals surface area (Å²) in [6, 6.07) is 1.13. The van der Waals surface area contributed by atoms with Gasteiger partial charge in [-0.05, 0) is 11.6 Å². The molecule has 3 N–H and O–H groups in total. The Balaban J connectivity index is 2.76. The fraction of sp³-hybridized carbons (Fsp3) is 0.0833. The van der Waals surface area contributed by atoms with Gasteiger partial charge in [0.25, 0.3) is 0 Å². The number of aliphatic hydroxyl groups is 1.